The van der Waals surface area contributed by atoms with E-state index in [0.717, 1.165) is 36.1 Å². The van der Waals surface area contributed by atoms with Crippen molar-refractivity contribution in [1.82, 2.24) is 4.90 Å². The monoisotopic (exact) mass is 382 g/mol. The van der Waals surface area contributed by atoms with Crippen molar-refractivity contribution < 1.29 is 13.9 Å². The molecule has 2 unspecified atom stereocenters. The van der Waals surface area contributed by atoms with Crippen LogP contribution in [0.2, 0.25) is 0 Å². The van der Waals surface area contributed by atoms with Crippen LogP contribution >= 0.6 is 0 Å². The number of carbonyl (C=O) groups excluding carboxylic acids is 1. The van der Waals surface area contributed by atoms with Crippen molar-refractivity contribution in [2.45, 2.75) is 25.7 Å². The highest BCUT2D eigenvalue weighted by Crippen LogP contribution is 2.37. The molecule has 4 nitrogen and oxygen atoms in total. The summed E-state index contributed by atoms with van der Waals surface area (Å²) in [6.45, 7) is 4.29. The Morgan fingerprint density at radius 3 is 2.50 bits per heavy atom. The summed E-state index contributed by atoms with van der Waals surface area (Å²) in [5.41, 5.74) is 6.95. The molecule has 1 saturated carbocycles. The third-order valence-electron chi connectivity index (χ3n) is 6.10. The number of carbonyl (C=O) groups is 1. The Labute approximate surface area is 165 Å². The second kappa shape index (κ2) is 8.31. The van der Waals surface area contributed by atoms with Gasteiger partial charge in [-0.1, -0.05) is 18.6 Å². The molecule has 1 heterocycles. The smallest absolute Gasteiger partial charge is 0.249 e. The van der Waals surface area contributed by atoms with Crippen molar-refractivity contribution in [3.05, 3.63) is 53.8 Å². The summed E-state index contributed by atoms with van der Waals surface area (Å²) in [4.78, 5) is 14.2. The highest BCUT2D eigenvalue weighted by molar-refractivity contribution is 5.99. The van der Waals surface area contributed by atoms with Crippen molar-refractivity contribution in [3.63, 3.8) is 0 Å². The molecule has 2 aromatic rings. The Balaban J connectivity index is 1.29. The molecule has 148 valence electrons. The second-order valence-electron chi connectivity index (χ2n) is 7.99. The van der Waals surface area contributed by atoms with E-state index in [1.54, 1.807) is 0 Å². The first-order valence-electron chi connectivity index (χ1n) is 10.1. The van der Waals surface area contributed by atoms with Crippen molar-refractivity contribution in [1.29, 1.82) is 0 Å². The van der Waals surface area contributed by atoms with E-state index in [4.69, 9.17) is 10.5 Å². The fraction of sp³-hybridized carbons (Fsp3) is 0.435. The molecule has 1 saturated heterocycles. The van der Waals surface area contributed by atoms with Gasteiger partial charge < -0.3 is 15.4 Å². The largest absolute Gasteiger partial charge is 0.494 e. The number of rotatable bonds is 7. The number of nitrogens with two attached hydrogens (primary N) is 1. The quantitative estimate of drug-likeness (QED) is 0.734. The minimum absolute atomic E-state index is 0.311. The van der Waals surface area contributed by atoms with Crippen LogP contribution in [0.1, 0.15) is 36.0 Å². The average Bonchev–Trinajstić information content (AvgIpc) is 3.27. The fourth-order valence-electron chi connectivity index (χ4n) is 4.69. The van der Waals surface area contributed by atoms with E-state index in [-0.39, 0.29) is 0 Å². The summed E-state index contributed by atoms with van der Waals surface area (Å²) in [5.74, 6) is 1.68. The van der Waals surface area contributed by atoms with Gasteiger partial charge in [0.05, 0.1) is 6.61 Å². The van der Waals surface area contributed by atoms with Crippen LogP contribution in [0.5, 0.6) is 5.75 Å². The third-order valence-corrected chi connectivity index (χ3v) is 6.10. The predicted octanol–water partition coefficient (Wildman–Crippen LogP) is 4.09. The Kier molecular flexibility index (Phi) is 5.62. The highest BCUT2D eigenvalue weighted by Gasteiger charge is 2.35. The number of ether oxygens (including phenoxy) is 1. The van der Waals surface area contributed by atoms with Gasteiger partial charge in [-0.25, -0.2) is 4.39 Å². The number of nitrogens with zero attached hydrogens (tertiary/aromatic N) is 1. The molecule has 5 heteroatoms. The lowest BCUT2D eigenvalue weighted by molar-refractivity contribution is 0.100. The Morgan fingerprint density at radius 1 is 1.11 bits per heavy atom. The number of fused-ring (bicyclic) bond motifs is 1. The molecule has 4 rings (SSSR count). The molecular weight excluding hydrogens is 355 g/mol. The second-order valence-corrected chi connectivity index (χ2v) is 7.99. The highest BCUT2D eigenvalue weighted by atomic mass is 19.1. The number of halogens is 1. The molecule has 0 bridgehead atoms. The number of hydrogen-bond acceptors (Lipinski definition) is 3. The minimum atomic E-state index is -0.568. The van der Waals surface area contributed by atoms with Crippen LogP contribution in [0.15, 0.2) is 42.5 Å². The van der Waals surface area contributed by atoms with Gasteiger partial charge in [-0.05, 0) is 72.6 Å². The number of primary amides is 1. The Morgan fingerprint density at radius 2 is 1.82 bits per heavy atom. The number of amides is 1. The maximum atomic E-state index is 13.6. The van der Waals surface area contributed by atoms with E-state index in [0.29, 0.717) is 17.7 Å². The molecule has 2 aliphatic rings. The standard InChI is InChI=1S/C23H27FN2O2/c24-19-7-10-21(23(25)27)22(13-19)16-5-8-20(9-6-16)28-12-2-11-26-14-17-3-1-4-18(17)15-26/h5-10,13,17-18H,1-4,11-12,14-15H2,(H2,25,27). The first kappa shape index (κ1) is 18.9. The van der Waals surface area contributed by atoms with Gasteiger partial charge in [0.2, 0.25) is 5.91 Å². The van der Waals surface area contributed by atoms with E-state index in [2.05, 4.69) is 4.90 Å². The van der Waals surface area contributed by atoms with Crippen LogP contribution in [-0.4, -0.2) is 37.0 Å². The molecule has 2 atom stereocenters. The maximum absolute atomic E-state index is 13.6. The zero-order valence-corrected chi connectivity index (χ0v) is 16.1. The maximum Gasteiger partial charge on any atom is 0.249 e. The zero-order chi connectivity index (χ0) is 19.5. The minimum Gasteiger partial charge on any atom is -0.494 e. The van der Waals surface area contributed by atoms with Gasteiger partial charge in [0.1, 0.15) is 11.6 Å². The summed E-state index contributed by atoms with van der Waals surface area (Å²) < 4.78 is 19.5. The van der Waals surface area contributed by atoms with E-state index < -0.39 is 11.7 Å². The fourth-order valence-corrected chi connectivity index (χ4v) is 4.69. The summed E-state index contributed by atoms with van der Waals surface area (Å²) in [7, 11) is 0. The molecule has 0 aromatic heterocycles. The molecule has 2 N–H and O–H groups in total. The Hall–Kier alpha value is -2.40. The van der Waals surface area contributed by atoms with Gasteiger partial charge in [-0.15, -0.1) is 0 Å². The molecule has 1 aliphatic heterocycles. The van der Waals surface area contributed by atoms with Crippen LogP contribution in [0.4, 0.5) is 4.39 Å². The van der Waals surface area contributed by atoms with Gasteiger partial charge in [-0.3, -0.25) is 4.79 Å². The summed E-state index contributed by atoms with van der Waals surface area (Å²) >= 11 is 0. The van der Waals surface area contributed by atoms with Crippen molar-refractivity contribution in [2.75, 3.05) is 26.2 Å². The molecule has 2 aromatic carbocycles. The first-order valence-corrected chi connectivity index (χ1v) is 10.1. The molecule has 1 aliphatic carbocycles. The predicted molar refractivity (Wildman–Crippen MR) is 108 cm³/mol. The number of likely N-dealkylation sites (tertiary alicyclic amines) is 1. The number of hydrogen-bond donors (Lipinski definition) is 1. The van der Waals surface area contributed by atoms with E-state index in [9.17, 15) is 9.18 Å². The van der Waals surface area contributed by atoms with E-state index in [1.807, 2.05) is 24.3 Å². The third kappa shape index (κ3) is 4.20. The van der Waals surface area contributed by atoms with E-state index >= 15 is 0 Å². The van der Waals surface area contributed by atoms with Crippen molar-refractivity contribution in [2.24, 2.45) is 17.6 Å². The lowest BCUT2D eigenvalue weighted by atomic mass is 9.99. The summed E-state index contributed by atoms with van der Waals surface area (Å²) in [6.07, 6.45) is 5.25. The lowest BCUT2D eigenvalue weighted by Crippen LogP contribution is -2.24. The molecular formula is C23H27FN2O2. The zero-order valence-electron chi connectivity index (χ0n) is 16.1. The van der Waals surface area contributed by atoms with Crippen LogP contribution in [0.25, 0.3) is 11.1 Å². The number of benzene rings is 2. The Bertz CT molecular complexity index is 825. The van der Waals surface area contributed by atoms with Crippen LogP contribution < -0.4 is 10.5 Å². The van der Waals surface area contributed by atoms with Crippen LogP contribution in [0, 0.1) is 17.7 Å². The first-order chi connectivity index (χ1) is 13.6. The SMILES string of the molecule is NC(=O)c1ccc(F)cc1-c1ccc(OCCCN2CC3CCCC3C2)cc1. The van der Waals surface area contributed by atoms with Gasteiger partial charge in [0.25, 0.3) is 0 Å². The average molecular weight is 382 g/mol. The normalized spacial score (nSPS) is 21.6. The lowest BCUT2D eigenvalue weighted by Gasteiger charge is -2.16. The summed E-state index contributed by atoms with van der Waals surface area (Å²) in [5, 5.41) is 0. The molecule has 1 amide bonds. The molecule has 0 spiro atoms. The van der Waals surface area contributed by atoms with Crippen LogP contribution in [0.3, 0.4) is 0 Å². The van der Waals surface area contributed by atoms with Gasteiger partial charge in [-0.2, -0.15) is 0 Å². The van der Waals surface area contributed by atoms with Gasteiger partial charge in [0.15, 0.2) is 0 Å². The van der Waals surface area contributed by atoms with Gasteiger partial charge >= 0.3 is 0 Å². The molecule has 0 radical (unpaired) electrons. The molecule has 2 fully saturated rings. The summed E-state index contributed by atoms with van der Waals surface area (Å²) in [6, 6.07) is 11.4. The van der Waals surface area contributed by atoms with Crippen molar-refractivity contribution >= 4 is 5.91 Å². The van der Waals surface area contributed by atoms with Crippen molar-refractivity contribution in [3.8, 4) is 16.9 Å². The van der Waals surface area contributed by atoms with Crippen LogP contribution in [-0.2, 0) is 0 Å². The topological polar surface area (TPSA) is 55.6 Å². The van der Waals surface area contributed by atoms with Gasteiger partial charge in [0, 0.05) is 25.2 Å². The van der Waals surface area contributed by atoms with E-state index in [1.165, 1.54) is 50.6 Å². The molecule has 28 heavy (non-hydrogen) atoms.